The highest BCUT2D eigenvalue weighted by molar-refractivity contribution is 7.49. The molecule has 8 atom stereocenters. The summed E-state index contributed by atoms with van der Waals surface area (Å²) >= 11 is 0. The average molecular weight is 962 g/mol. The van der Waals surface area contributed by atoms with Crippen LogP contribution in [-0.2, 0) is 90.8 Å². The minimum atomic E-state index is -4.94. The number of alkyl halides is 2. The highest BCUT2D eigenvalue weighted by Crippen LogP contribution is 2.49. The molecule has 0 aliphatic carbocycles. The van der Waals surface area contributed by atoms with Gasteiger partial charge in [0.1, 0.15) is 0 Å². The van der Waals surface area contributed by atoms with Crippen LogP contribution < -0.4 is 0 Å². The molecule has 0 amide bonds. The molecule has 0 aromatic rings. The van der Waals surface area contributed by atoms with Gasteiger partial charge in [0, 0.05) is 11.8 Å². The van der Waals surface area contributed by atoms with Gasteiger partial charge < -0.3 is 39.1 Å². The van der Waals surface area contributed by atoms with E-state index in [9.17, 15) is 70.1 Å². The van der Waals surface area contributed by atoms with Gasteiger partial charge in [-0.05, 0) is 6.92 Å². The Bertz CT molecular complexity index is 1430. The first-order chi connectivity index (χ1) is 25.2. The summed E-state index contributed by atoms with van der Waals surface area (Å²) in [6.07, 6.45) is 0. The molecule has 0 radical (unpaired) electrons. The summed E-state index contributed by atoms with van der Waals surface area (Å²) in [6.45, 7) is -11.4. The number of halogens is 2. The molecule has 332 valence electrons. The first-order valence-corrected chi connectivity index (χ1v) is 25.2. The zero-order valence-electron chi connectivity index (χ0n) is 28.4. The van der Waals surface area contributed by atoms with E-state index in [1.807, 2.05) is 0 Å². The molecule has 8 unspecified atom stereocenters. The molecular formula is C18H43F2O28P7. The third-order valence-corrected chi connectivity index (χ3v) is 11.6. The fourth-order valence-corrected chi connectivity index (χ4v) is 7.50. The van der Waals surface area contributed by atoms with E-state index in [0.717, 1.165) is 0 Å². The van der Waals surface area contributed by atoms with Crippen LogP contribution in [0.2, 0.25) is 0 Å². The molecule has 0 saturated heterocycles. The van der Waals surface area contributed by atoms with Crippen molar-refractivity contribution in [1.82, 2.24) is 0 Å². The van der Waals surface area contributed by atoms with Crippen LogP contribution in [0.5, 0.6) is 0 Å². The third kappa shape index (κ3) is 32.1. The number of phosphoric ester groups is 7. The van der Waals surface area contributed by atoms with E-state index in [1.165, 1.54) is 6.92 Å². The number of hydrogen-bond acceptors (Lipinski definition) is 20. The lowest BCUT2D eigenvalue weighted by atomic mass is 10.2. The van der Waals surface area contributed by atoms with Gasteiger partial charge >= 0.3 is 54.8 Å². The second-order valence-corrected chi connectivity index (χ2v) is 19.6. The Morgan fingerprint density at radius 3 is 0.764 bits per heavy atom. The molecule has 0 heterocycles. The Kier molecular flexibility index (Phi) is 27.1. The standard InChI is InChI=1S/C18H43F2O28P7/c1-2-36-50(24,25)46-15-18(12-20)16-48-55(34,35)44-10-8-42-53(30,31)40-6-4-38-51(26,27)37-3-5-39-52(28,29)41-7-9-43-54(32,33)47-14-17(11-19)13-45-49(21,22)23/h17-18H,2-16H2,1H3,(H,24,25)(H,26,27)(H,28,29)(H,30,31)(H,32,33)(H,34,35)(H2,21,22,23). The molecule has 8 N–H and O–H groups in total. The zero-order valence-corrected chi connectivity index (χ0v) is 34.7. The van der Waals surface area contributed by atoms with E-state index in [2.05, 4.69) is 58.8 Å². The molecule has 0 fully saturated rings. The molecule has 0 rings (SSSR count). The van der Waals surface area contributed by atoms with Crippen molar-refractivity contribution < 1.29 is 139 Å². The molecule has 28 nitrogen and oxygen atoms in total. The molecule has 0 aliphatic heterocycles. The smallest absolute Gasteiger partial charge is 0.303 e. The quantitative estimate of drug-likeness (QED) is 0.0329. The van der Waals surface area contributed by atoms with E-state index < -0.39 is 159 Å². The van der Waals surface area contributed by atoms with Gasteiger partial charge in [0.2, 0.25) is 0 Å². The SMILES string of the molecule is CCOP(=O)(O)OCC(CF)COP(=O)(O)OCCOP(=O)(O)OCCOP(=O)(O)OCCOP(=O)(O)OCCOP(=O)(O)OCC(CF)COP(=O)(O)O. The van der Waals surface area contributed by atoms with Gasteiger partial charge in [-0.2, -0.15) is 0 Å². The number of rotatable bonds is 36. The minimum Gasteiger partial charge on any atom is -0.303 e. The van der Waals surface area contributed by atoms with Gasteiger partial charge in [-0.1, -0.05) is 0 Å². The van der Waals surface area contributed by atoms with Gasteiger partial charge in [-0.15, -0.1) is 0 Å². The average Bonchev–Trinajstić information content (AvgIpc) is 3.05. The van der Waals surface area contributed by atoms with Crippen LogP contribution >= 0.6 is 54.8 Å². The lowest BCUT2D eigenvalue weighted by Crippen LogP contribution is -2.18. The first-order valence-electron chi connectivity index (χ1n) is 14.7. The van der Waals surface area contributed by atoms with Crippen LogP contribution in [0.15, 0.2) is 0 Å². The molecule has 37 heteroatoms. The Hall–Kier alpha value is 0.630. The van der Waals surface area contributed by atoms with E-state index >= 15 is 0 Å². The lowest BCUT2D eigenvalue weighted by Gasteiger charge is -2.18. The molecule has 0 spiro atoms. The van der Waals surface area contributed by atoms with Crippen molar-refractivity contribution in [3.05, 3.63) is 0 Å². The molecule has 0 saturated carbocycles. The van der Waals surface area contributed by atoms with Crippen LogP contribution in [0, 0.1) is 11.8 Å². The summed E-state index contributed by atoms with van der Waals surface area (Å²) < 4.78 is 165. The van der Waals surface area contributed by atoms with Gasteiger partial charge in [0.15, 0.2) is 0 Å². The molecule has 55 heavy (non-hydrogen) atoms. The normalized spacial score (nSPS) is 20.3. The van der Waals surface area contributed by atoms with E-state index in [0.29, 0.717) is 0 Å². The monoisotopic (exact) mass is 962 g/mol. The summed E-state index contributed by atoms with van der Waals surface area (Å²) in [5.74, 6) is -2.65. The van der Waals surface area contributed by atoms with Crippen LogP contribution in [0.25, 0.3) is 0 Å². The summed E-state index contributed by atoms with van der Waals surface area (Å²) in [7, 11) is -33.9. The van der Waals surface area contributed by atoms with Crippen molar-refractivity contribution in [1.29, 1.82) is 0 Å². The van der Waals surface area contributed by atoms with Crippen molar-refractivity contribution in [3.63, 3.8) is 0 Å². The van der Waals surface area contributed by atoms with Crippen molar-refractivity contribution >= 4 is 54.8 Å². The molecule has 0 aliphatic rings. The van der Waals surface area contributed by atoms with Crippen LogP contribution in [0.3, 0.4) is 0 Å². The summed E-state index contributed by atoms with van der Waals surface area (Å²) in [6, 6.07) is 0. The van der Waals surface area contributed by atoms with Gasteiger partial charge in [0.25, 0.3) is 0 Å². The summed E-state index contributed by atoms with van der Waals surface area (Å²) in [4.78, 5) is 74.5. The van der Waals surface area contributed by atoms with E-state index in [-0.39, 0.29) is 6.61 Å². The lowest BCUT2D eigenvalue weighted by molar-refractivity contribution is 0.0688. The highest BCUT2D eigenvalue weighted by atomic mass is 31.2. The van der Waals surface area contributed by atoms with Crippen molar-refractivity contribution in [2.75, 3.05) is 99.2 Å². The maximum Gasteiger partial charge on any atom is 0.472 e. The second-order valence-electron chi connectivity index (χ2n) is 9.61. The molecular weight excluding hydrogens is 919 g/mol. The fourth-order valence-electron chi connectivity index (χ4n) is 2.68. The number of phosphoric acid groups is 7. The maximum absolute atomic E-state index is 13.1. The Balaban J connectivity index is 4.29. The molecule has 0 aromatic carbocycles. The third-order valence-electron chi connectivity index (χ3n) is 5.00. The molecule has 0 bridgehead atoms. The fraction of sp³-hybridized carbons (Fsp3) is 1.00. The minimum absolute atomic E-state index is 0.188. The Morgan fingerprint density at radius 1 is 0.364 bits per heavy atom. The van der Waals surface area contributed by atoms with E-state index in [1.54, 1.807) is 0 Å². The summed E-state index contributed by atoms with van der Waals surface area (Å²) in [5, 5.41) is 0. The topological polar surface area (TPSA) is 401 Å². The van der Waals surface area contributed by atoms with Crippen molar-refractivity contribution in [2.45, 2.75) is 6.92 Å². The van der Waals surface area contributed by atoms with Crippen LogP contribution in [-0.4, -0.2) is 138 Å². The highest BCUT2D eigenvalue weighted by Gasteiger charge is 2.30. The van der Waals surface area contributed by atoms with Crippen LogP contribution in [0.4, 0.5) is 8.78 Å². The zero-order chi connectivity index (χ0) is 42.5. The Morgan fingerprint density at radius 2 is 0.564 bits per heavy atom. The molecule has 0 aromatic heterocycles. The van der Waals surface area contributed by atoms with Crippen molar-refractivity contribution in [2.24, 2.45) is 11.8 Å². The second kappa shape index (κ2) is 26.8. The predicted molar refractivity (Wildman–Crippen MR) is 173 cm³/mol. The summed E-state index contributed by atoms with van der Waals surface area (Å²) in [5.41, 5.74) is 0. The predicted octanol–water partition coefficient (Wildman–Crippen LogP) is 2.09. The van der Waals surface area contributed by atoms with Gasteiger partial charge in [-0.25, -0.2) is 32.0 Å². The maximum atomic E-state index is 13.1. The van der Waals surface area contributed by atoms with Gasteiger partial charge in [0.05, 0.1) is 99.2 Å². The Labute approximate surface area is 311 Å². The number of hydrogen-bond donors (Lipinski definition) is 8. The van der Waals surface area contributed by atoms with Crippen LogP contribution in [0.1, 0.15) is 6.92 Å². The van der Waals surface area contributed by atoms with E-state index in [4.69, 9.17) is 9.79 Å². The van der Waals surface area contributed by atoms with Gasteiger partial charge in [-0.3, -0.25) is 67.6 Å². The largest absolute Gasteiger partial charge is 0.472 e. The van der Waals surface area contributed by atoms with Crippen molar-refractivity contribution in [3.8, 4) is 0 Å². The first kappa shape index (κ1) is 55.6.